The van der Waals surface area contributed by atoms with Crippen molar-refractivity contribution in [3.63, 3.8) is 0 Å². The van der Waals surface area contributed by atoms with Crippen molar-refractivity contribution in [3.8, 4) is 0 Å². The molecule has 1 aromatic rings. The molecule has 1 amide bonds. The fraction of sp³-hybridized carbons (Fsp3) is 0.562. The van der Waals surface area contributed by atoms with Crippen molar-refractivity contribution in [3.05, 3.63) is 35.9 Å². The van der Waals surface area contributed by atoms with E-state index in [1.807, 2.05) is 65.0 Å². The van der Waals surface area contributed by atoms with Crippen LogP contribution in [-0.4, -0.2) is 34.0 Å². The Morgan fingerprint density at radius 3 is 2.38 bits per heavy atom. The van der Waals surface area contributed by atoms with E-state index < -0.39 is 11.7 Å². The van der Waals surface area contributed by atoms with Crippen LogP contribution in [0.3, 0.4) is 0 Å². The Balaban J connectivity index is 2.49. The van der Waals surface area contributed by atoms with Crippen LogP contribution in [0, 0.1) is 0 Å². The monoisotopic (exact) mass is 294 g/mol. The summed E-state index contributed by atoms with van der Waals surface area (Å²) in [5, 5.41) is 14.1. The molecule has 1 aromatic carbocycles. The minimum Gasteiger partial charge on any atom is -0.444 e. The van der Waals surface area contributed by atoms with Crippen molar-refractivity contribution in [2.24, 2.45) is 0 Å². The number of hydrogen-bond acceptors (Lipinski definition) is 4. The molecular weight excluding hydrogens is 268 g/mol. The number of alkyl carbamates (subject to hydrolysis) is 1. The Labute approximate surface area is 126 Å². The lowest BCUT2D eigenvalue weighted by Crippen LogP contribution is -2.48. The second-order valence-electron chi connectivity index (χ2n) is 6.26. The zero-order valence-corrected chi connectivity index (χ0v) is 13.5. The standard InChI is InChI=1S/C16H26N2O3/c1-12(17-15(19)21-16(3,4)5)13(2)18(20)11-14-9-7-6-8-10-14/h6-10,12-13,20H,11H2,1-5H3,(H,17,19). The molecule has 5 nitrogen and oxygen atoms in total. The highest BCUT2D eigenvalue weighted by Crippen LogP contribution is 2.10. The van der Waals surface area contributed by atoms with Crippen LogP contribution in [0.2, 0.25) is 0 Å². The molecule has 2 N–H and O–H groups in total. The molecule has 21 heavy (non-hydrogen) atoms. The number of nitrogens with one attached hydrogen (secondary N) is 1. The van der Waals surface area contributed by atoms with Gasteiger partial charge in [0, 0.05) is 12.6 Å². The van der Waals surface area contributed by atoms with E-state index >= 15 is 0 Å². The van der Waals surface area contributed by atoms with Crippen molar-refractivity contribution in [1.82, 2.24) is 10.4 Å². The number of ether oxygens (including phenoxy) is 1. The van der Waals surface area contributed by atoms with Crippen LogP contribution >= 0.6 is 0 Å². The van der Waals surface area contributed by atoms with Gasteiger partial charge < -0.3 is 15.3 Å². The van der Waals surface area contributed by atoms with Crippen LogP contribution < -0.4 is 5.32 Å². The number of amides is 1. The Hall–Kier alpha value is -1.59. The summed E-state index contributed by atoms with van der Waals surface area (Å²) < 4.78 is 5.21. The first kappa shape index (κ1) is 17.5. The molecule has 0 aliphatic heterocycles. The van der Waals surface area contributed by atoms with Gasteiger partial charge in [-0.25, -0.2) is 4.79 Å². The molecule has 0 fully saturated rings. The van der Waals surface area contributed by atoms with E-state index in [0.717, 1.165) is 5.56 Å². The van der Waals surface area contributed by atoms with Crippen molar-refractivity contribution >= 4 is 6.09 Å². The third kappa shape index (κ3) is 6.60. The summed E-state index contributed by atoms with van der Waals surface area (Å²) in [7, 11) is 0. The maximum atomic E-state index is 11.7. The summed E-state index contributed by atoms with van der Waals surface area (Å²) in [4.78, 5) is 11.7. The predicted octanol–water partition coefficient (Wildman–Crippen LogP) is 3.18. The van der Waals surface area contributed by atoms with Crippen LogP contribution in [0.25, 0.3) is 0 Å². The molecule has 0 radical (unpaired) electrons. The maximum absolute atomic E-state index is 11.7. The number of nitrogens with zero attached hydrogens (tertiary/aromatic N) is 1. The van der Waals surface area contributed by atoms with E-state index in [2.05, 4.69) is 5.32 Å². The summed E-state index contributed by atoms with van der Waals surface area (Å²) in [6.07, 6.45) is -0.477. The van der Waals surface area contributed by atoms with Crippen LogP contribution in [0.15, 0.2) is 30.3 Å². The lowest BCUT2D eigenvalue weighted by molar-refractivity contribution is -0.136. The Bertz CT molecular complexity index is 443. The average Bonchev–Trinajstić information content (AvgIpc) is 2.36. The number of benzene rings is 1. The smallest absolute Gasteiger partial charge is 0.407 e. The Morgan fingerprint density at radius 1 is 1.29 bits per heavy atom. The summed E-state index contributed by atoms with van der Waals surface area (Å²) in [6.45, 7) is 9.54. The molecule has 0 saturated carbocycles. The quantitative estimate of drug-likeness (QED) is 0.819. The first-order valence-corrected chi connectivity index (χ1v) is 7.18. The van der Waals surface area contributed by atoms with Crippen molar-refractivity contribution in [2.75, 3.05) is 0 Å². The van der Waals surface area contributed by atoms with Gasteiger partial charge in [-0.2, -0.15) is 5.06 Å². The number of carbonyl (C=O) groups excluding carboxylic acids is 1. The van der Waals surface area contributed by atoms with E-state index in [9.17, 15) is 10.0 Å². The minimum atomic E-state index is -0.532. The van der Waals surface area contributed by atoms with E-state index in [0.29, 0.717) is 6.54 Å². The van der Waals surface area contributed by atoms with Crippen LogP contribution in [0.5, 0.6) is 0 Å². The SMILES string of the molecule is CC(NC(=O)OC(C)(C)C)C(C)N(O)Cc1ccccc1. The van der Waals surface area contributed by atoms with Gasteiger partial charge in [0.05, 0.1) is 6.04 Å². The molecule has 0 heterocycles. The lowest BCUT2D eigenvalue weighted by Gasteiger charge is -2.29. The number of carbonyl (C=O) groups is 1. The molecule has 0 bridgehead atoms. The number of hydrogen-bond donors (Lipinski definition) is 2. The molecule has 118 valence electrons. The van der Waals surface area contributed by atoms with E-state index in [4.69, 9.17) is 4.74 Å². The van der Waals surface area contributed by atoms with Gasteiger partial charge in [-0.3, -0.25) is 0 Å². The van der Waals surface area contributed by atoms with Gasteiger partial charge in [-0.15, -0.1) is 0 Å². The first-order valence-electron chi connectivity index (χ1n) is 7.18. The zero-order valence-electron chi connectivity index (χ0n) is 13.5. The van der Waals surface area contributed by atoms with E-state index in [1.165, 1.54) is 5.06 Å². The van der Waals surface area contributed by atoms with Crippen molar-refractivity contribution in [2.45, 2.75) is 58.8 Å². The second kappa shape index (κ2) is 7.43. The molecule has 0 spiro atoms. The molecular formula is C16H26N2O3. The summed E-state index contributed by atoms with van der Waals surface area (Å²) in [6, 6.07) is 9.20. The highest BCUT2D eigenvalue weighted by atomic mass is 16.6. The molecule has 0 aliphatic rings. The highest BCUT2D eigenvalue weighted by Gasteiger charge is 2.23. The topological polar surface area (TPSA) is 61.8 Å². The van der Waals surface area contributed by atoms with Gasteiger partial charge in [0.15, 0.2) is 0 Å². The normalized spacial score (nSPS) is 14.6. The highest BCUT2D eigenvalue weighted by molar-refractivity contribution is 5.68. The van der Waals surface area contributed by atoms with Crippen LogP contribution in [0.4, 0.5) is 4.79 Å². The number of hydroxylamine groups is 2. The fourth-order valence-electron chi connectivity index (χ4n) is 1.79. The fourth-order valence-corrected chi connectivity index (χ4v) is 1.79. The molecule has 0 saturated heterocycles. The molecule has 0 aromatic heterocycles. The van der Waals surface area contributed by atoms with E-state index in [-0.39, 0.29) is 12.1 Å². The van der Waals surface area contributed by atoms with Gasteiger partial charge >= 0.3 is 6.09 Å². The van der Waals surface area contributed by atoms with Gasteiger partial charge in [0.1, 0.15) is 5.60 Å². The average molecular weight is 294 g/mol. The van der Waals surface area contributed by atoms with Crippen LogP contribution in [-0.2, 0) is 11.3 Å². The van der Waals surface area contributed by atoms with Crippen molar-refractivity contribution in [1.29, 1.82) is 0 Å². The Morgan fingerprint density at radius 2 is 1.86 bits per heavy atom. The minimum absolute atomic E-state index is 0.238. The second-order valence-corrected chi connectivity index (χ2v) is 6.26. The molecule has 2 atom stereocenters. The largest absolute Gasteiger partial charge is 0.444 e. The predicted molar refractivity (Wildman–Crippen MR) is 82.1 cm³/mol. The first-order chi connectivity index (χ1) is 9.69. The summed E-state index contributed by atoms with van der Waals surface area (Å²) in [5.74, 6) is 0. The van der Waals surface area contributed by atoms with Crippen LogP contribution in [0.1, 0.15) is 40.2 Å². The molecule has 2 unspecified atom stereocenters. The number of rotatable bonds is 5. The van der Waals surface area contributed by atoms with Gasteiger partial charge in [-0.1, -0.05) is 30.3 Å². The summed E-state index contributed by atoms with van der Waals surface area (Å²) in [5.41, 5.74) is 0.479. The third-order valence-corrected chi connectivity index (χ3v) is 3.13. The van der Waals surface area contributed by atoms with E-state index in [1.54, 1.807) is 0 Å². The van der Waals surface area contributed by atoms with Crippen molar-refractivity contribution < 1.29 is 14.7 Å². The molecule has 5 heteroatoms. The molecule has 0 aliphatic carbocycles. The third-order valence-electron chi connectivity index (χ3n) is 3.13. The lowest BCUT2D eigenvalue weighted by atomic mass is 10.1. The Kier molecular flexibility index (Phi) is 6.18. The zero-order chi connectivity index (χ0) is 16.0. The van der Waals surface area contributed by atoms with Gasteiger partial charge in [-0.05, 0) is 40.2 Å². The van der Waals surface area contributed by atoms with Gasteiger partial charge in [0.2, 0.25) is 0 Å². The van der Waals surface area contributed by atoms with Gasteiger partial charge in [0.25, 0.3) is 0 Å². The maximum Gasteiger partial charge on any atom is 0.407 e. The summed E-state index contributed by atoms with van der Waals surface area (Å²) >= 11 is 0. The molecule has 1 rings (SSSR count).